The van der Waals surface area contributed by atoms with E-state index >= 15 is 0 Å². The molecule has 0 saturated carbocycles. The highest BCUT2D eigenvalue weighted by atomic mass is 16.7. The zero-order valence-corrected chi connectivity index (χ0v) is 7.53. The van der Waals surface area contributed by atoms with Crippen LogP contribution in [0.5, 0.6) is 0 Å². The van der Waals surface area contributed by atoms with Crippen LogP contribution < -0.4 is 0 Å². The molecule has 72 valence electrons. The molecule has 1 aliphatic rings. The van der Waals surface area contributed by atoms with Gasteiger partial charge in [0.05, 0.1) is 25.4 Å². The van der Waals surface area contributed by atoms with Crippen LogP contribution in [0.2, 0.25) is 0 Å². The van der Waals surface area contributed by atoms with E-state index in [1.807, 2.05) is 6.92 Å². The average Bonchev–Trinajstić information content (AvgIpc) is 2.04. The lowest BCUT2D eigenvalue weighted by molar-refractivity contribution is -0.185. The molecule has 1 heterocycles. The van der Waals surface area contributed by atoms with E-state index in [-0.39, 0.29) is 12.4 Å². The molecular formula is C8H16O4. The highest BCUT2D eigenvalue weighted by Crippen LogP contribution is 2.12. The van der Waals surface area contributed by atoms with E-state index in [2.05, 4.69) is 0 Å². The third kappa shape index (κ3) is 3.06. The Labute approximate surface area is 72.4 Å². The summed E-state index contributed by atoms with van der Waals surface area (Å²) in [5, 5.41) is 9.22. The maximum Gasteiger partial charge on any atom is 0.154 e. The molecule has 3 atom stereocenters. The molecule has 1 saturated heterocycles. The summed E-state index contributed by atoms with van der Waals surface area (Å²) < 4.78 is 15.4. The second-order valence-corrected chi connectivity index (χ2v) is 2.99. The van der Waals surface area contributed by atoms with Gasteiger partial charge in [0.2, 0.25) is 0 Å². The van der Waals surface area contributed by atoms with Gasteiger partial charge in [0, 0.05) is 13.5 Å². The Morgan fingerprint density at radius 1 is 1.50 bits per heavy atom. The van der Waals surface area contributed by atoms with Gasteiger partial charge >= 0.3 is 0 Å². The van der Waals surface area contributed by atoms with E-state index in [9.17, 15) is 5.11 Å². The van der Waals surface area contributed by atoms with Crippen LogP contribution >= 0.6 is 0 Å². The first-order valence-corrected chi connectivity index (χ1v) is 4.16. The van der Waals surface area contributed by atoms with Gasteiger partial charge in [-0.15, -0.1) is 0 Å². The molecular weight excluding hydrogens is 160 g/mol. The van der Waals surface area contributed by atoms with Crippen LogP contribution in [0.4, 0.5) is 0 Å². The molecule has 3 unspecified atom stereocenters. The van der Waals surface area contributed by atoms with E-state index in [1.165, 1.54) is 0 Å². The summed E-state index contributed by atoms with van der Waals surface area (Å²) in [5.74, 6) is 0. The molecule has 0 amide bonds. The molecule has 0 aliphatic carbocycles. The van der Waals surface area contributed by atoms with Crippen LogP contribution in [0.3, 0.4) is 0 Å². The normalized spacial score (nSPS) is 33.2. The molecule has 0 aromatic carbocycles. The van der Waals surface area contributed by atoms with Crippen molar-refractivity contribution in [2.75, 3.05) is 20.3 Å². The van der Waals surface area contributed by atoms with Crippen LogP contribution in [-0.2, 0) is 14.2 Å². The fraction of sp³-hybridized carbons (Fsp3) is 1.00. The van der Waals surface area contributed by atoms with Crippen molar-refractivity contribution in [2.45, 2.75) is 31.8 Å². The molecule has 12 heavy (non-hydrogen) atoms. The van der Waals surface area contributed by atoms with E-state index < -0.39 is 6.10 Å². The fourth-order valence-corrected chi connectivity index (χ4v) is 1.20. The van der Waals surface area contributed by atoms with E-state index in [1.54, 1.807) is 7.11 Å². The number of hydrogen-bond donors (Lipinski definition) is 1. The van der Waals surface area contributed by atoms with Gasteiger partial charge in [0.1, 0.15) is 0 Å². The van der Waals surface area contributed by atoms with E-state index in [0.717, 1.165) is 0 Å². The van der Waals surface area contributed by atoms with Gasteiger partial charge in [-0.1, -0.05) is 0 Å². The van der Waals surface area contributed by atoms with Crippen LogP contribution in [0, 0.1) is 0 Å². The molecule has 0 aromatic rings. The van der Waals surface area contributed by atoms with Crippen molar-refractivity contribution in [3.05, 3.63) is 0 Å². The summed E-state index contributed by atoms with van der Waals surface area (Å²) in [4.78, 5) is 0. The summed E-state index contributed by atoms with van der Waals surface area (Å²) in [5.41, 5.74) is 0. The number of ether oxygens (including phenoxy) is 3. The Morgan fingerprint density at radius 3 is 2.83 bits per heavy atom. The van der Waals surface area contributed by atoms with Crippen molar-refractivity contribution in [3.8, 4) is 0 Å². The smallest absolute Gasteiger partial charge is 0.154 e. The molecule has 0 spiro atoms. The Bertz CT molecular complexity index is 128. The number of aliphatic hydroxyl groups is 1. The molecule has 4 heteroatoms. The van der Waals surface area contributed by atoms with Gasteiger partial charge in [-0.2, -0.15) is 0 Å². The third-order valence-electron chi connectivity index (χ3n) is 1.86. The largest absolute Gasteiger partial charge is 0.391 e. The van der Waals surface area contributed by atoms with Gasteiger partial charge in [0.25, 0.3) is 0 Å². The average molecular weight is 176 g/mol. The quantitative estimate of drug-likeness (QED) is 0.622. The summed E-state index contributed by atoms with van der Waals surface area (Å²) >= 11 is 0. The SMILES string of the molecule is COC(C)OC1COCC(O)C1. The first-order chi connectivity index (χ1) is 5.72. The maximum absolute atomic E-state index is 9.22. The predicted octanol–water partition coefficient (Wildman–Crippen LogP) is 0.145. The van der Waals surface area contributed by atoms with Crippen LogP contribution in [0.25, 0.3) is 0 Å². The Hall–Kier alpha value is -0.160. The Morgan fingerprint density at radius 2 is 2.25 bits per heavy atom. The fourth-order valence-electron chi connectivity index (χ4n) is 1.20. The van der Waals surface area contributed by atoms with Gasteiger partial charge in [0.15, 0.2) is 6.29 Å². The van der Waals surface area contributed by atoms with Gasteiger partial charge < -0.3 is 19.3 Å². The second kappa shape index (κ2) is 4.77. The zero-order valence-electron chi connectivity index (χ0n) is 7.53. The first kappa shape index (κ1) is 9.92. The van der Waals surface area contributed by atoms with Gasteiger partial charge in [-0.05, 0) is 6.92 Å². The molecule has 1 aliphatic heterocycles. The Kier molecular flexibility index (Phi) is 3.94. The minimum Gasteiger partial charge on any atom is -0.391 e. The van der Waals surface area contributed by atoms with E-state index in [4.69, 9.17) is 14.2 Å². The summed E-state index contributed by atoms with van der Waals surface area (Å²) in [6, 6.07) is 0. The first-order valence-electron chi connectivity index (χ1n) is 4.16. The van der Waals surface area contributed by atoms with Crippen LogP contribution in [-0.4, -0.2) is 43.9 Å². The standard InChI is InChI=1S/C8H16O4/c1-6(10-2)12-8-3-7(9)4-11-5-8/h6-9H,3-5H2,1-2H3. The molecule has 1 N–H and O–H groups in total. The van der Waals surface area contributed by atoms with Crippen molar-refractivity contribution in [1.82, 2.24) is 0 Å². The van der Waals surface area contributed by atoms with Crippen molar-refractivity contribution in [3.63, 3.8) is 0 Å². The minimum atomic E-state index is -0.396. The molecule has 1 fully saturated rings. The Balaban J connectivity index is 2.22. The highest BCUT2D eigenvalue weighted by Gasteiger charge is 2.22. The van der Waals surface area contributed by atoms with Gasteiger partial charge in [-0.3, -0.25) is 0 Å². The van der Waals surface area contributed by atoms with Crippen LogP contribution in [0.1, 0.15) is 13.3 Å². The monoisotopic (exact) mass is 176 g/mol. The van der Waals surface area contributed by atoms with Gasteiger partial charge in [-0.25, -0.2) is 0 Å². The maximum atomic E-state index is 9.22. The minimum absolute atomic E-state index is 0.0382. The lowest BCUT2D eigenvalue weighted by atomic mass is 10.1. The zero-order chi connectivity index (χ0) is 8.97. The molecule has 0 aromatic heterocycles. The number of rotatable bonds is 3. The predicted molar refractivity (Wildman–Crippen MR) is 42.8 cm³/mol. The summed E-state index contributed by atoms with van der Waals surface area (Å²) in [6.07, 6.45) is -0.0337. The lowest BCUT2D eigenvalue weighted by Crippen LogP contribution is -2.36. The third-order valence-corrected chi connectivity index (χ3v) is 1.86. The molecule has 1 rings (SSSR count). The lowest BCUT2D eigenvalue weighted by Gasteiger charge is -2.28. The highest BCUT2D eigenvalue weighted by molar-refractivity contribution is 4.69. The van der Waals surface area contributed by atoms with Crippen LogP contribution in [0.15, 0.2) is 0 Å². The number of aliphatic hydroxyl groups excluding tert-OH is 1. The topological polar surface area (TPSA) is 47.9 Å². The van der Waals surface area contributed by atoms with E-state index in [0.29, 0.717) is 19.6 Å². The second-order valence-electron chi connectivity index (χ2n) is 2.99. The number of hydrogen-bond acceptors (Lipinski definition) is 4. The summed E-state index contributed by atoms with van der Waals surface area (Å²) in [6.45, 7) is 2.78. The van der Waals surface area contributed by atoms with Crippen molar-refractivity contribution >= 4 is 0 Å². The molecule has 0 radical (unpaired) electrons. The summed E-state index contributed by atoms with van der Waals surface area (Å²) in [7, 11) is 1.59. The van der Waals surface area contributed by atoms with Crippen molar-refractivity contribution < 1.29 is 19.3 Å². The number of methoxy groups -OCH3 is 1. The molecule has 0 bridgehead atoms. The van der Waals surface area contributed by atoms with Crippen molar-refractivity contribution in [2.24, 2.45) is 0 Å². The van der Waals surface area contributed by atoms with Crippen molar-refractivity contribution in [1.29, 1.82) is 0 Å². The molecule has 4 nitrogen and oxygen atoms in total.